The first-order valence-electron chi connectivity index (χ1n) is 6.53. The quantitative estimate of drug-likeness (QED) is 0.817. The van der Waals surface area contributed by atoms with Crippen LogP contribution in [0.15, 0.2) is 42.5 Å². The van der Waals surface area contributed by atoms with Crippen molar-refractivity contribution in [3.63, 3.8) is 0 Å². The zero-order chi connectivity index (χ0) is 14.5. The van der Waals surface area contributed by atoms with Gasteiger partial charge in [-0.15, -0.1) is 0 Å². The van der Waals surface area contributed by atoms with E-state index in [1.165, 1.54) is 12.1 Å². The molecular formula is C16H16Cl2FN. The maximum Gasteiger partial charge on any atom is 0.123 e. The molecule has 0 aromatic heterocycles. The summed E-state index contributed by atoms with van der Waals surface area (Å²) in [6.45, 7) is 2.87. The average molecular weight is 312 g/mol. The van der Waals surface area contributed by atoms with E-state index in [-0.39, 0.29) is 11.9 Å². The highest BCUT2D eigenvalue weighted by Gasteiger charge is 2.14. The van der Waals surface area contributed by atoms with Gasteiger partial charge in [0.1, 0.15) is 5.82 Å². The third-order valence-corrected chi connectivity index (χ3v) is 3.70. The molecule has 4 heteroatoms. The van der Waals surface area contributed by atoms with E-state index >= 15 is 0 Å². The zero-order valence-electron chi connectivity index (χ0n) is 11.2. The van der Waals surface area contributed by atoms with Crippen LogP contribution in [-0.2, 0) is 6.42 Å². The van der Waals surface area contributed by atoms with Crippen LogP contribution in [0.25, 0.3) is 0 Å². The molecule has 0 aliphatic heterocycles. The van der Waals surface area contributed by atoms with Gasteiger partial charge in [-0.3, -0.25) is 0 Å². The Morgan fingerprint density at radius 2 is 1.80 bits per heavy atom. The summed E-state index contributed by atoms with van der Waals surface area (Å²) in [5, 5.41) is 4.67. The smallest absolute Gasteiger partial charge is 0.123 e. The molecule has 0 amide bonds. The summed E-state index contributed by atoms with van der Waals surface area (Å²) in [5.74, 6) is -0.224. The molecule has 0 bridgehead atoms. The van der Waals surface area contributed by atoms with E-state index in [0.717, 1.165) is 24.1 Å². The predicted molar refractivity (Wildman–Crippen MR) is 83.0 cm³/mol. The van der Waals surface area contributed by atoms with Crippen molar-refractivity contribution in [1.29, 1.82) is 0 Å². The fraction of sp³-hybridized carbons (Fsp3) is 0.250. The minimum Gasteiger partial charge on any atom is -0.310 e. The molecule has 1 unspecified atom stereocenters. The maximum atomic E-state index is 13.0. The molecule has 1 nitrogen and oxygen atoms in total. The van der Waals surface area contributed by atoms with E-state index in [4.69, 9.17) is 23.2 Å². The molecule has 0 saturated heterocycles. The van der Waals surface area contributed by atoms with Crippen LogP contribution in [-0.4, -0.2) is 6.54 Å². The Bertz CT molecular complexity index is 569. The molecule has 2 aromatic rings. The van der Waals surface area contributed by atoms with Gasteiger partial charge >= 0.3 is 0 Å². The summed E-state index contributed by atoms with van der Waals surface area (Å²) < 4.78 is 13.0. The Hall–Kier alpha value is -1.09. The second kappa shape index (κ2) is 7.07. The normalized spacial score (nSPS) is 12.4. The number of nitrogens with one attached hydrogen (secondary N) is 1. The predicted octanol–water partition coefficient (Wildman–Crippen LogP) is 5.03. The molecule has 0 fully saturated rings. The highest BCUT2D eigenvalue weighted by Crippen LogP contribution is 2.28. The molecule has 0 heterocycles. The molecule has 0 aliphatic carbocycles. The lowest BCUT2D eigenvalue weighted by Crippen LogP contribution is -2.23. The highest BCUT2D eigenvalue weighted by molar-refractivity contribution is 6.35. The Kier molecular flexibility index (Phi) is 5.41. The van der Waals surface area contributed by atoms with E-state index < -0.39 is 0 Å². The van der Waals surface area contributed by atoms with Crippen molar-refractivity contribution in [3.05, 3.63) is 69.5 Å². The minimum absolute atomic E-state index is 0.0789. The number of likely N-dealkylation sites (N-methyl/N-ethyl adjacent to an activating group) is 1. The minimum atomic E-state index is -0.224. The van der Waals surface area contributed by atoms with Gasteiger partial charge in [-0.2, -0.15) is 0 Å². The molecule has 20 heavy (non-hydrogen) atoms. The molecule has 0 spiro atoms. The third kappa shape index (κ3) is 3.95. The Morgan fingerprint density at radius 3 is 2.40 bits per heavy atom. The lowest BCUT2D eigenvalue weighted by molar-refractivity contribution is 0.549. The van der Waals surface area contributed by atoms with Gasteiger partial charge in [-0.1, -0.05) is 48.3 Å². The number of benzene rings is 2. The molecule has 2 rings (SSSR count). The maximum absolute atomic E-state index is 13.0. The van der Waals surface area contributed by atoms with Crippen molar-refractivity contribution in [2.75, 3.05) is 6.54 Å². The van der Waals surface area contributed by atoms with Gasteiger partial charge in [0.15, 0.2) is 0 Å². The molecule has 0 radical (unpaired) electrons. The van der Waals surface area contributed by atoms with Crippen molar-refractivity contribution in [1.82, 2.24) is 5.32 Å². The summed E-state index contributed by atoms with van der Waals surface area (Å²) in [4.78, 5) is 0. The van der Waals surface area contributed by atoms with Crippen LogP contribution in [0.2, 0.25) is 10.0 Å². The van der Waals surface area contributed by atoms with E-state index in [1.807, 2.05) is 19.1 Å². The lowest BCUT2D eigenvalue weighted by Gasteiger charge is -2.20. The van der Waals surface area contributed by atoms with Crippen LogP contribution in [0.4, 0.5) is 4.39 Å². The van der Waals surface area contributed by atoms with Crippen LogP contribution in [0.5, 0.6) is 0 Å². The Morgan fingerprint density at radius 1 is 1.10 bits per heavy atom. The molecule has 1 atom stereocenters. The van der Waals surface area contributed by atoms with E-state index in [0.29, 0.717) is 10.0 Å². The van der Waals surface area contributed by atoms with E-state index in [1.54, 1.807) is 18.2 Å². The average Bonchev–Trinajstić information content (AvgIpc) is 2.41. The SMILES string of the molecule is CCNC(Cc1ccc(F)cc1)c1ccc(Cl)cc1Cl. The molecule has 0 aliphatic rings. The van der Waals surface area contributed by atoms with Gasteiger partial charge in [0.25, 0.3) is 0 Å². The van der Waals surface area contributed by atoms with Gasteiger partial charge < -0.3 is 5.32 Å². The number of halogens is 3. The van der Waals surface area contributed by atoms with Gasteiger partial charge in [-0.05, 0) is 48.4 Å². The Labute approximate surface area is 128 Å². The molecule has 106 valence electrons. The summed E-state index contributed by atoms with van der Waals surface area (Å²) in [5.41, 5.74) is 2.06. The van der Waals surface area contributed by atoms with Gasteiger partial charge in [0.05, 0.1) is 0 Å². The van der Waals surface area contributed by atoms with Crippen molar-refractivity contribution in [2.45, 2.75) is 19.4 Å². The van der Waals surface area contributed by atoms with Gasteiger partial charge in [0, 0.05) is 16.1 Å². The van der Waals surface area contributed by atoms with Crippen molar-refractivity contribution in [2.24, 2.45) is 0 Å². The van der Waals surface area contributed by atoms with Crippen molar-refractivity contribution < 1.29 is 4.39 Å². The molecule has 0 saturated carbocycles. The van der Waals surface area contributed by atoms with E-state index in [2.05, 4.69) is 5.32 Å². The van der Waals surface area contributed by atoms with Crippen LogP contribution in [0, 0.1) is 5.82 Å². The first kappa shape index (κ1) is 15.3. The monoisotopic (exact) mass is 311 g/mol. The summed E-state index contributed by atoms with van der Waals surface area (Å²) in [6.07, 6.45) is 0.746. The van der Waals surface area contributed by atoms with Crippen LogP contribution in [0.3, 0.4) is 0 Å². The first-order chi connectivity index (χ1) is 9.60. The molecule has 1 N–H and O–H groups in total. The second-order valence-corrected chi connectivity index (χ2v) is 5.45. The largest absolute Gasteiger partial charge is 0.310 e. The second-order valence-electron chi connectivity index (χ2n) is 4.61. The first-order valence-corrected chi connectivity index (χ1v) is 7.28. The molecular weight excluding hydrogens is 296 g/mol. The Balaban J connectivity index is 2.24. The van der Waals surface area contributed by atoms with E-state index in [9.17, 15) is 4.39 Å². The summed E-state index contributed by atoms with van der Waals surface area (Å²) in [7, 11) is 0. The number of hydrogen-bond acceptors (Lipinski definition) is 1. The molecule has 2 aromatic carbocycles. The van der Waals surface area contributed by atoms with Gasteiger partial charge in [-0.25, -0.2) is 4.39 Å². The highest BCUT2D eigenvalue weighted by atomic mass is 35.5. The van der Waals surface area contributed by atoms with Crippen LogP contribution >= 0.6 is 23.2 Å². The zero-order valence-corrected chi connectivity index (χ0v) is 12.7. The van der Waals surface area contributed by atoms with Crippen LogP contribution in [0.1, 0.15) is 24.1 Å². The topological polar surface area (TPSA) is 12.0 Å². The standard InChI is InChI=1S/C16H16Cl2FN/c1-2-20-16(9-11-3-6-13(19)7-4-11)14-8-5-12(17)10-15(14)18/h3-8,10,16,20H,2,9H2,1H3. The van der Waals surface area contributed by atoms with Crippen molar-refractivity contribution in [3.8, 4) is 0 Å². The lowest BCUT2D eigenvalue weighted by atomic mass is 9.98. The summed E-state index contributed by atoms with van der Waals surface area (Å²) >= 11 is 12.2. The van der Waals surface area contributed by atoms with Gasteiger partial charge in [0.2, 0.25) is 0 Å². The number of rotatable bonds is 5. The fourth-order valence-electron chi connectivity index (χ4n) is 2.18. The van der Waals surface area contributed by atoms with Crippen molar-refractivity contribution >= 4 is 23.2 Å². The third-order valence-electron chi connectivity index (χ3n) is 3.14. The number of hydrogen-bond donors (Lipinski definition) is 1. The fourth-order valence-corrected chi connectivity index (χ4v) is 2.72. The van der Waals surface area contributed by atoms with Crippen LogP contribution < -0.4 is 5.32 Å². The summed E-state index contributed by atoms with van der Waals surface area (Å²) in [6, 6.07) is 12.1.